The second kappa shape index (κ2) is 8.91. The first-order chi connectivity index (χ1) is 8.93. The summed E-state index contributed by atoms with van der Waals surface area (Å²) in [5.74, 6) is 0.0760. The molecule has 1 N–H and O–H groups in total. The van der Waals surface area contributed by atoms with Crippen LogP contribution in [0, 0.1) is 5.92 Å². The smallest absolute Gasteiger partial charge is 0.407 e. The van der Waals surface area contributed by atoms with Gasteiger partial charge in [-0.05, 0) is 39.5 Å². The number of alkyl carbamates (subject to hydrolysis) is 1. The van der Waals surface area contributed by atoms with E-state index in [0.717, 1.165) is 12.8 Å². The molecule has 0 radical (unpaired) electrons. The highest BCUT2D eigenvalue weighted by Gasteiger charge is 2.34. The highest BCUT2D eigenvalue weighted by atomic mass is 16.5. The largest absolute Gasteiger partial charge is 0.453 e. The predicted molar refractivity (Wildman–Crippen MR) is 74.1 cm³/mol. The van der Waals surface area contributed by atoms with Crippen LogP contribution in [0.3, 0.4) is 0 Å². The van der Waals surface area contributed by atoms with E-state index in [9.17, 15) is 9.59 Å². The summed E-state index contributed by atoms with van der Waals surface area (Å²) in [7, 11) is 1.29. The quantitative estimate of drug-likeness (QED) is 0.858. The van der Waals surface area contributed by atoms with Crippen molar-refractivity contribution in [3.63, 3.8) is 0 Å². The Morgan fingerprint density at radius 1 is 1.21 bits per heavy atom. The third kappa shape index (κ3) is 6.05. The predicted octanol–water partition coefficient (Wildman–Crippen LogP) is 2.53. The van der Waals surface area contributed by atoms with Crippen molar-refractivity contribution in [2.45, 2.75) is 65.7 Å². The third-order valence-electron chi connectivity index (χ3n) is 3.10. The van der Waals surface area contributed by atoms with Gasteiger partial charge in [-0.1, -0.05) is 13.8 Å². The zero-order valence-electron chi connectivity index (χ0n) is 12.9. The molecule has 3 unspecified atom stereocenters. The monoisotopic (exact) mass is 273 g/mol. The topological polar surface area (TPSA) is 64.6 Å². The molecule has 1 aliphatic heterocycles. The van der Waals surface area contributed by atoms with Gasteiger partial charge in [0.1, 0.15) is 0 Å². The van der Waals surface area contributed by atoms with Crippen LogP contribution < -0.4 is 5.32 Å². The maximum Gasteiger partial charge on any atom is 0.407 e. The van der Waals surface area contributed by atoms with Gasteiger partial charge in [0.05, 0.1) is 25.4 Å². The maximum atomic E-state index is 11.6. The van der Waals surface area contributed by atoms with E-state index in [1.807, 2.05) is 27.7 Å². The summed E-state index contributed by atoms with van der Waals surface area (Å²) in [4.78, 5) is 22.8. The fourth-order valence-corrected chi connectivity index (χ4v) is 2.47. The Morgan fingerprint density at radius 2 is 1.68 bits per heavy atom. The number of hydrogen-bond acceptors (Lipinski definition) is 4. The van der Waals surface area contributed by atoms with Crippen LogP contribution in [-0.2, 0) is 14.3 Å². The van der Waals surface area contributed by atoms with E-state index in [4.69, 9.17) is 4.74 Å². The Kier molecular flexibility index (Phi) is 8.39. The number of carbonyl (C=O) groups excluding carboxylic acids is 2. The minimum Gasteiger partial charge on any atom is -0.453 e. The molecule has 1 aliphatic rings. The average molecular weight is 273 g/mol. The Morgan fingerprint density at radius 3 is 2.05 bits per heavy atom. The highest BCUT2D eigenvalue weighted by Crippen LogP contribution is 2.27. The van der Waals surface area contributed by atoms with Crippen LogP contribution in [0.15, 0.2) is 0 Å². The van der Waals surface area contributed by atoms with Crippen LogP contribution in [0.1, 0.15) is 47.5 Å². The fourth-order valence-electron chi connectivity index (χ4n) is 2.47. The Labute approximate surface area is 116 Å². The van der Waals surface area contributed by atoms with Crippen molar-refractivity contribution < 1.29 is 19.1 Å². The number of ketones is 1. The second-order valence-corrected chi connectivity index (χ2v) is 4.71. The van der Waals surface area contributed by atoms with Crippen molar-refractivity contribution >= 4 is 11.9 Å². The van der Waals surface area contributed by atoms with E-state index in [0.29, 0.717) is 0 Å². The lowest BCUT2D eigenvalue weighted by atomic mass is 9.84. The summed E-state index contributed by atoms with van der Waals surface area (Å²) in [6.07, 6.45) is 1.23. The van der Waals surface area contributed by atoms with Crippen molar-refractivity contribution in [2.24, 2.45) is 5.92 Å². The first kappa shape index (κ1) is 17.9. The van der Waals surface area contributed by atoms with Crippen LogP contribution in [0.5, 0.6) is 0 Å². The van der Waals surface area contributed by atoms with Gasteiger partial charge in [0, 0.05) is 0 Å². The summed E-state index contributed by atoms with van der Waals surface area (Å²) in [6.45, 7) is 9.46. The molecule has 1 amide bonds. The van der Waals surface area contributed by atoms with E-state index >= 15 is 0 Å². The molecule has 0 aromatic rings. The van der Waals surface area contributed by atoms with Crippen molar-refractivity contribution in [3.05, 3.63) is 0 Å². The summed E-state index contributed by atoms with van der Waals surface area (Å²) < 4.78 is 10.2. The first-order valence-corrected chi connectivity index (χ1v) is 6.94. The van der Waals surface area contributed by atoms with Gasteiger partial charge in [0.2, 0.25) is 0 Å². The third-order valence-corrected chi connectivity index (χ3v) is 3.10. The van der Waals surface area contributed by atoms with Crippen LogP contribution >= 0.6 is 0 Å². The molecular weight excluding hydrogens is 246 g/mol. The second-order valence-electron chi connectivity index (χ2n) is 4.71. The SMILES string of the molecule is CC.COC(=O)NC(C(C)=O)C1CC(C)OC(C)C1. The summed E-state index contributed by atoms with van der Waals surface area (Å²) in [6, 6.07) is -0.476. The summed E-state index contributed by atoms with van der Waals surface area (Å²) in [5.41, 5.74) is 0. The van der Waals surface area contributed by atoms with Crippen molar-refractivity contribution in [2.75, 3.05) is 7.11 Å². The van der Waals surface area contributed by atoms with Crippen molar-refractivity contribution in [1.82, 2.24) is 5.32 Å². The number of carbonyl (C=O) groups is 2. The first-order valence-electron chi connectivity index (χ1n) is 6.94. The molecule has 0 aromatic carbocycles. The van der Waals surface area contributed by atoms with Gasteiger partial charge < -0.3 is 14.8 Å². The normalized spacial score (nSPS) is 27.6. The minimum absolute atomic E-state index is 0.0401. The molecule has 0 bridgehead atoms. The van der Waals surface area contributed by atoms with Gasteiger partial charge in [-0.2, -0.15) is 0 Å². The van der Waals surface area contributed by atoms with Crippen molar-refractivity contribution in [1.29, 1.82) is 0 Å². The Hall–Kier alpha value is -1.10. The molecule has 1 saturated heterocycles. The average Bonchev–Trinajstić information content (AvgIpc) is 2.36. The van der Waals surface area contributed by atoms with E-state index in [2.05, 4.69) is 10.1 Å². The van der Waals surface area contributed by atoms with Crippen molar-refractivity contribution in [3.8, 4) is 0 Å². The number of ether oxygens (including phenoxy) is 2. The summed E-state index contributed by atoms with van der Waals surface area (Å²) >= 11 is 0. The number of hydrogen-bond donors (Lipinski definition) is 1. The van der Waals surface area contributed by atoms with Gasteiger partial charge in [-0.3, -0.25) is 4.79 Å². The molecule has 1 fully saturated rings. The van der Waals surface area contributed by atoms with E-state index in [1.165, 1.54) is 14.0 Å². The van der Waals surface area contributed by atoms with Crippen LogP contribution in [-0.4, -0.2) is 37.2 Å². The molecule has 19 heavy (non-hydrogen) atoms. The van der Waals surface area contributed by atoms with Gasteiger partial charge in [0.25, 0.3) is 0 Å². The molecule has 5 nitrogen and oxygen atoms in total. The zero-order chi connectivity index (χ0) is 15.0. The van der Waals surface area contributed by atoms with Gasteiger partial charge in [0.15, 0.2) is 5.78 Å². The number of methoxy groups -OCH3 is 1. The number of amides is 1. The summed E-state index contributed by atoms with van der Waals surface area (Å²) in [5, 5.41) is 2.61. The lowest BCUT2D eigenvalue weighted by molar-refractivity contribution is -0.123. The molecule has 1 rings (SSSR count). The molecule has 1 heterocycles. The zero-order valence-corrected chi connectivity index (χ0v) is 12.9. The Bertz CT molecular complexity index is 283. The molecule has 5 heteroatoms. The molecule has 0 spiro atoms. The lowest BCUT2D eigenvalue weighted by Crippen LogP contribution is -2.48. The number of rotatable bonds is 3. The van der Waals surface area contributed by atoms with E-state index in [1.54, 1.807) is 0 Å². The maximum absolute atomic E-state index is 11.6. The lowest BCUT2D eigenvalue weighted by Gasteiger charge is -2.35. The standard InChI is InChI=1S/C12H21NO4.C2H6/c1-7-5-10(6-8(2)17-7)11(9(3)14)13-12(15)16-4;1-2/h7-8,10-11H,5-6H2,1-4H3,(H,13,15);1-2H3. The number of nitrogens with one attached hydrogen (secondary N) is 1. The molecule has 3 atom stereocenters. The fraction of sp³-hybridized carbons (Fsp3) is 0.857. The van der Waals surface area contributed by atoms with Crippen LogP contribution in [0.25, 0.3) is 0 Å². The van der Waals surface area contributed by atoms with Crippen LogP contribution in [0.2, 0.25) is 0 Å². The van der Waals surface area contributed by atoms with Crippen LogP contribution in [0.4, 0.5) is 4.79 Å². The molecule has 112 valence electrons. The van der Waals surface area contributed by atoms with E-state index in [-0.39, 0.29) is 23.9 Å². The number of Topliss-reactive ketones (excluding diaryl/α,β-unsaturated/α-hetero) is 1. The molecule has 0 saturated carbocycles. The van der Waals surface area contributed by atoms with E-state index < -0.39 is 12.1 Å². The van der Waals surface area contributed by atoms with Gasteiger partial charge in [-0.15, -0.1) is 0 Å². The molecule has 0 aromatic heterocycles. The molecule has 0 aliphatic carbocycles. The Balaban J connectivity index is 0.00000154. The van der Waals surface area contributed by atoms with Gasteiger partial charge >= 0.3 is 6.09 Å². The molecular formula is C14H27NO4. The minimum atomic E-state index is -0.558. The van der Waals surface area contributed by atoms with Gasteiger partial charge in [-0.25, -0.2) is 4.79 Å². The highest BCUT2D eigenvalue weighted by molar-refractivity contribution is 5.85.